The number of nitrogens with one attached hydrogen (secondary N) is 1. The number of rotatable bonds is 3. The molecule has 2 saturated heterocycles. The smallest absolute Gasteiger partial charge is 0.0746 e. The van der Waals surface area contributed by atoms with Crippen LogP contribution in [0, 0.1) is 0 Å². The highest BCUT2D eigenvalue weighted by molar-refractivity contribution is 5.81. The fourth-order valence-electron chi connectivity index (χ4n) is 3.97. The number of hydrogen-bond acceptors (Lipinski definition) is 3. The Morgan fingerprint density at radius 2 is 2.10 bits per heavy atom. The van der Waals surface area contributed by atoms with Crippen LogP contribution in [-0.4, -0.2) is 35.1 Å². The highest BCUT2D eigenvalue weighted by Gasteiger charge is 2.31. The van der Waals surface area contributed by atoms with E-state index in [1.807, 2.05) is 12.3 Å². The number of benzene rings is 1. The predicted octanol–water partition coefficient (Wildman–Crippen LogP) is 2.95. The van der Waals surface area contributed by atoms with Gasteiger partial charge in [0.15, 0.2) is 0 Å². The maximum Gasteiger partial charge on any atom is 0.0746 e. The fraction of sp³-hybridized carbons (Fsp3) is 0.500. The summed E-state index contributed by atoms with van der Waals surface area (Å²) in [6.45, 7) is 3.53. The lowest BCUT2D eigenvalue weighted by Crippen LogP contribution is -2.45. The van der Waals surface area contributed by atoms with Gasteiger partial charge in [0, 0.05) is 30.2 Å². The van der Waals surface area contributed by atoms with E-state index in [4.69, 9.17) is 0 Å². The normalized spacial score (nSPS) is 26.1. The first-order chi connectivity index (χ1) is 10.4. The topological polar surface area (TPSA) is 28.2 Å². The van der Waals surface area contributed by atoms with Gasteiger partial charge in [-0.25, -0.2) is 0 Å². The lowest BCUT2D eigenvalue weighted by molar-refractivity contribution is 0.166. The molecule has 0 aliphatic carbocycles. The minimum Gasteiger partial charge on any atom is -0.310 e. The quantitative estimate of drug-likeness (QED) is 0.937. The highest BCUT2D eigenvalue weighted by atomic mass is 15.2. The predicted molar refractivity (Wildman–Crippen MR) is 86.2 cm³/mol. The Bertz CT molecular complexity index is 619. The van der Waals surface area contributed by atoms with E-state index in [9.17, 15) is 0 Å². The molecule has 3 heterocycles. The molecule has 0 bridgehead atoms. The van der Waals surface area contributed by atoms with E-state index in [2.05, 4.69) is 39.5 Å². The van der Waals surface area contributed by atoms with Gasteiger partial charge in [0.2, 0.25) is 0 Å². The van der Waals surface area contributed by atoms with Crippen LogP contribution in [0.1, 0.15) is 31.2 Å². The molecule has 110 valence electrons. The van der Waals surface area contributed by atoms with Crippen LogP contribution in [0.25, 0.3) is 10.9 Å². The fourth-order valence-corrected chi connectivity index (χ4v) is 3.97. The largest absolute Gasteiger partial charge is 0.310 e. The number of nitrogens with zero attached hydrogens (tertiary/aromatic N) is 2. The van der Waals surface area contributed by atoms with Crippen LogP contribution >= 0.6 is 0 Å². The van der Waals surface area contributed by atoms with E-state index in [0.717, 1.165) is 18.1 Å². The summed E-state index contributed by atoms with van der Waals surface area (Å²) in [4.78, 5) is 7.23. The zero-order valence-electron chi connectivity index (χ0n) is 12.5. The zero-order chi connectivity index (χ0) is 14.1. The number of hydrogen-bond donors (Lipinski definition) is 1. The molecule has 2 fully saturated rings. The lowest BCUT2D eigenvalue weighted by atomic mass is 9.97. The highest BCUT2D eigenvalue weighted by Crippen LogP contribution is 2.27. The first kappa shape index (κ1) is 13.2. The van der Waals surface area contributed by atoms with Crippen LogP contribution < -0.4 is 5.32 Å². The van der Waals surface area contributed by atoms with Gasteiger partial charge in [-0.15, -0.1) is 0 Å². The van der Waals surface area contributed by atoms with E-state index in [-0.39, 0.29) is 0 Å². The van der Waals surface area contributed by atoms with Gasteiger partial charge in [-0.3, -0.25) is 4.98 Å². The Hall–Kier alpha value is -1.45. The molecule has 0 amide bonds. The van der Waals surface area contributed by atoms with Crippen LogP contribution in [0.3, 0.4) is 0 Å². The van der Waals surface area contributed by atoms with Crippen LogP contribution in [-0.2, 0) is 6.54 Å². The van der Waals surface area contributed by atoms with Crippen molar-refractivity contribution in [1.29, 1.82) is 0 Å². The van der Waals surface area contributed by atoms with E-state index < -0.39 is 0 Å². The third kappa shape index (κ3) is 2.68. The molecule has 2 unspecified atom stereocenters. The van der Waals surface area contributed by atoms with Gasteiger partial charge < -0.3 is 10.2 Å². The Labute approximate surface area is 126 Å². The number of para-hydroxylation sites is 1. The van der Waals surface area contributed by atoms with Gasteiger partial charge in [0.05, 0.1) is 5.52 Å². The second kappa shape index (κ2) is 5.74. The van der Waals surface area contributed by atoms with Crippen molar-refractivity contribution in [2.75, 3.05) is 13.1 Å². The zero-order valence-corrected chi connectivity index (χ0v) is 12.5. The summed E-state index contributed by atoms with van der Waals surface area (Å²) >= 11 is 0. The molecular weight excluding hydrogens is 258 g/mol. The Morgan fingerprint density at radius 3 is 3.10 bits per heavy atom. The van der Waals surface area contributed by atoms with Gasteiger partial charge in [-0.1, -0.05) is 24.3 Å². The Morgan fingerprint density at radius 1 is 1.14 bits per heavy atom. The van der Waals surface area contributed by atoms with Crippen molar-refractivity contribution < 1.29 is 0 Å². The number of pyridine rings is 1. The summed E-state index contributed by atoms with van der Waals surface area (Å²) in [5, 5.41) is 5.01. The van der Waals surface area contributed by atoms with Crippen LogP contribution in [0.15, 0.2) is 36.5 Å². The average molecular weight is 281 g/mol. The number of piperidine rings is 1. The first-order valence-electron chi connectivity index (χ1n) is 8.20. The Balaban J connectivity index is 1.44. The summed E-state index contributed by atoms with van der Waals surface area (Å²) < 4.78 is 0. The van der Waals surface area contributed by atoms with Gasteiger partial charge in [0.1, 0.15) is 0 Å². The average Bonchev–Trinajstić information content (AvgIpc) is 3.00. The molecule has 2 atom stereocenters. The standard InChI is InChI=1S/C18H23N3/c1-4-14-6-2-9-19-18(14)15(5-1)13-20-16-8-11-21-10-3-7-17(21)12-16/h1-2,4-6,9,16-17,20H,3,7-8,10-13H2. The monoisotopic (exact) mass is 281 g/mol. The summed E-state index contributed by atoms with van der Waals surface area (Å²) in [7, 11) is 0. The summed E-state index contributed by atoms with van der Waals surface area (Å²) in [6.07, 6.45) is 7.29. The van der Waals surface area contributed by atoms with E-state index in [1.54, 1.807) is 0 Å². The SMILES string of the molecule is c1cnc2c(CNC3CCN4CCCC4C3)cccc2c1. The van der Waals surface area contributed by atoms with Crippen molar-refractivity contribution in [3.8, 4) is 0 Å². The molecule has 2 aromatic rings. The molecular formula is C18H23N3. The number of aromatic nitrogens is 1. The molecule has 2 aliphatic heterocycles. The maximum atomic E-state index is 4.55. The van der Waals surface area contributed by atoms with Gasteiger partial charge in [-0.2, -0.15) is 0 Å². The summed E-state index contributed by atoms with van der Waals surface area (Å²) in [6, 6.07) is 12.1. The number of fused-ring (bicyclic) bond motifs is 2. The van der Waals surface area contributed by atoms with Crippen molar-refractivity contribution in [3.05, 3.63) is 42.1 Å². The molecule has 3 nitrogen and oxygen atoms in total. The van der Waals surface area contributed by atoms with Gasteiger partial charge in [-0.05, 0) is 50.4 Å². The van der Waals surface area contributed by atoms with Gasteiger partial charge in [0.25, 0.3) is 0 Å². The second-order valence-electron chi connectivity index (χ2n) is 6.43. The van der Waals surface area contributed by atoms with Crippen molar-refractivity contribution in [1.82, 2.24) is 15.2 Å². The lowest BCUT2D eigenvalue weighted by Gasteiger charge is -2.35. The van der Waals surface area contributed by atoms with Gasteiger partial charge >= 0.3 is 0 Å². The molecule has 1 N–H and O–H groups in total. The van der Waals surface area contributed by atoms with Crippen molar-refractivity contribution in [3.63, 3.8) is 0 Å². The molecule has 3 heteroatoms. The van der Waals surface area contributed by atoms with Crippen LogP contribution in [0.2, 0.25) is 0 Å². The molecule has 0 radical (unpaired) electrons. The minimum absolute atomic E-state index is 0.670. The summed E-state index contributed by atoms with van der Waals surface area (Å²) in [5.41, 5.74) is 2.47. The maximum absolute atomic E-state index is 4.55. The van der Waals surface area contributed by atoms with Crippen molar-refractivity contribution in [2.24, 2.45) is 0 Å². The summed E-state index contributed by atoms with van der Waals surface area (Å²) in [5.74, 6) is 0. The van der Waals surface area contributed by atoms with E-state index in [1.165, 1.54) is 49.7 Å². The molecule has 0 spiro atoms. The van der Waals surface area contributed by atoms with Crippen molar-refractivity contribution >= 4 is 10.9 Å². The molecule has 0 saturated carbocycles. The molecule has 1 aromatic heterocycles. The van der Waals surface area contributed by atoms with Crippen LogP contribution in [0.5, 0.6) is 0 Å². The third-order valence-electron chi connectivity index (χ3n) is 5.12. The Kier molecular flexibility index (Phi) is 3.62. The second-order valence-corrected chi connectivity index (χ2v) is 6.43. The van der Waals surface area contributed by atoms with E-state index >= 15 is 0 Å². The first-order valence-corrected chi connectivity index (χ1v) is 8.20. The van der Waals surface area contributed by atoms with Crippen molar-refractivity contribution in [2.45, 2.75) is 44.3 Å². The molecule has 21 heavy (non-hydrogen) atoms. The van der Waals surface area contributed by atoms with Crippen LogP contribution in [0.4, 0.5) is 0 Å². The molecule has 2 aliphatic rings. The van der Waals surface area contributed by atoms with E-state index in [0.29, 0.717) is 6.04 Å². The minimum atomic E-state index is 0.670. The third-order valence-corrected chi connectivity index (χ3v) is 5.12. The molecule has 4 rings (SSSR count). The molecule has 1 aromatic carbocycles.